The highest BCUT2D eigenvalue weighted by molar-refractivity contribution is 6.35. The number of ether oxygens (including phenoxy) is 3. The maximum absolute atomic E-state index is 6.61. The molecule has 0 aliphatic carbocycles. The van der Waals surface area contributed by atoms with E-state index >= 15 is 0 Å². The van der Waals surface area contributed by atoms with Crippen LogP contribution in [0, 0.1) is 20.8 Å². The lowest BCUT2D eigenvalue weighted by atomic mass is 10.1. The van der Waals surface area contributed by atoms with E-state index in [4.69, 9.17) is 46.8 Å². The van der Waals surface area contributed by atoms with Gasteiger partial charge in [-0.3, -0.25) is 0 Å². The Balaban J connectivity index is 1.00. The van der Waals surface area contributed by atoms with E-state index in [1.807, 2.05) is 18.2 Å². The number of nitrogens with zero attached hydrogens (tertiary/aromatic N) is 6. The Bertz CT molecular complexity index is 1800. The van der Waals surface area contributed by atoms with E-state index in [0.29, 0.717) is 34.8 Å². The molecule has 45 heavy (non-hydrogen) atoms. The average Bonchev–Trinajstić information content (AvgIpc) is 3.77. The Morgan fingerprint density at radius 2 is 1.73 bits per heavy atom. The van der Waals surface area contributed by atoms with E-state index in [9.17, 15) is 0 Å². The van der Waals surface area contributed by atoms with Crippen LogP contribution < -0.4 is 14.5 Å². The van der Waals surface area contributed by atoms with Gasteiger partial charge in [-0.05, 0) is 73.9 Å². The molecule has 2 atom stereocenters. The first-order chi connectivity index (χ1) is 21.8. The van der Waals surface area contributed by atoms with E-state index in [2.05, 4.69) is 58.9 Å². The molecule has 0 spiro atoms. The topological polar surface area (TPSA) is 90.9 Å². The fraction of sp³-hybridized carbons (Fsp3) is 0.364. The van der Waals surface area contributed by atoms with Crippen molar-refractivity contribution in [3.63, 3.8) is 0 Å². The molecule has 2 fully saturated rings. The largest absolute Gasteiger partial charge is 0.490 e. The van der Waals surface area contributed by atoms with Gasteiger partial charge in [0, 0.05) is 42.5 Å². The summed E-state index contributed by atoms with van der Waals surface area (Å²) in [6.45, 7) is 10.5. The van der Waals surface area contributed by atoms with Crippen LogP contribution in [-0.4, -0.2) is 65.2 Å². The van der Waals surface area contributed by atoms with E-state index in [0.717, 1.165) is 54.2 Å². The molecule has 12 heteroatoms. The van der Waals surface area contributed by atoms with Gasteiger partial charge >= 0.3 is 0 Å². The van der Waals surface area contributed by atoms with Gasteiger partial charge in [0.25, 0.3) is 6.01 Å². The van der Waals surface area contributed by atoms with Crippen molar-refractivity contribution in [3.05, 3.63) is 93.5 Å². The molecule has 4 heterocycles. The van der Waals surface area contributed by atoms with Gasteiger partial charge in [-0.2, -0.15) is 10.1 Å². The first kappa shape index (κ1) is 29.9. The molecule has 2 aliphatic heterocycles. The molecule has 0 amide bonds. The lowest BCUT2D eigenvalue weighted by molar-refractivity contribution is -0.190. The molecule has 10 nitrogen and oxygen atoms in total. The molecule has 0 N–H and O–H groups in total. The smallest absolute Gasteiger partial charge is 0.298 e. The van der Waals surface area contributed by atoms with Crippen LogP contribution in [-0.2, 0) is 21.8 Å². The third kappa shape index (κ3) is 6.07. The monoisotopic (exact) mass is 648 g/mol. The van der Waals surface area contributed by atoms with Gasteiger partial charge in [0.15, 0.2) is 5.58 Å². The Labute approximate surface area is 271 Å². The number of aryl methyl sites for hydroxylation is 3. The summed E-state index contributed by atoms with van der Waals surface area (Å²) in [6.07, 6.45) is 2.76. The zero-order chi connectivity index (χ0) is 31.1. The summed E-state index contributed by atoms with van der Waals surface area (Å²) in [4.78, 5) is 13.4. The van der Waals surface area contributed by atoms with Crippen LogP contribution in [0.3, 0.4) is 0 Å². The number of aromatic nitrogens is 4. The van der Waals surface area contributed by atoms with Crippen molar-refractivity contribution in [3.8, 4) is 5.75 Å². The van der Waals surface area contributed by atoms with Crippen LogP contribution in [0.2, 0.25) is 10.0 Å². The molecule has 234 valence electrons. The Morgan fingerprint density at radius 3 is 2.47 bits per heavy atom. The van der Waals surface area contributed by atoms with Crippen molar-refractivity contribution in [2.45, 2.75) is 39.2 Å². The fourth-order valence-corrected chi connectivity index (χ4v) is 6.67. The highest BCUT2D eigenvalue weighted by atomic mass is 35.5. The number of anilines is 2. The van der Waals surface area contributed by atoms with Crippen molar-refractivity contribution in [1.82, 2.24) is 19.7 Å². The van der Waals surface area contributed by atoms with Crippen LogP contribution in [0.1, 0.15) is 22.3 Å². The van der Waals surface area contributed by atoms with Gasteiger partial charge in [0.05, 0.1) is 11.6 Å². The molecule has 0 saturated carbocycles. The molecular formula is C33H34Cl2N6O4. The summed E-state index contributed by atoms with van der Waals surface area (Å²) >= 11 is 12.8. The minimum absolute atomic E-state index is 0.275. The Kier molecular flexibility index (Phi) is 8.07. The Hall–Kier alpha value is -3.83. The number of oxazole rings is 1. The third-order valence-corrected chi connectivity index (χ3v) is 8.89. The minimum Gasteiger partial charge on any atom is -0.490 e. The van der Waals surface area contributed by atoms with Crippen LogP contribution in [0.5, 0.6) is 5.75 Å². The summed E-state index contributed by atoms with van der Waals surface area (Å²) in [7, 11) is 0. The summed E-state index contributed by atoms with van der Waals surface area (Å²) in [5.74, 6) is -0.308. The van der Waals surface area contributed by atoms with Gasteiger partial charge in [0.1, 0.15) is 43.2 Å². The predicted molar refractivity (Wildman–Crippen MR) is 174 cm³/mol. The molecule has 2 saturated heterocycles. The van der Waals surface area contributed by atoms with Crippen LogP contribution in [0.15, 0.2) is 65.6 Å². The minimum atomic E-state index is -1.16. The zero-order valence-electron chi connectivity index (χ0n) is 25.4. The second-order valence-electron chi connectivity index (χ2n) is 11.7. The molecule has 3 aromatic carbocycles. The summed E-state index contributed by atoms with van der Waals surface area (Å²) in [5, 5.41) is 5.24. The molecule has 0 unspecified atom stereocenters. The Morgan fingerprint density at radius 1 is 0.956 bits per heavy atom. The third-order valence-electron chi connectivity index (χ3n) is 8.34. The second-order valence-corrected chi connectivity index (χ2v) is 12.5. The van der Waals surface area contributed by atoms with Gasteiger partial charge in [0.2, 0.25) is 5.79 Å². The number of benzene rings is 3. The SMILES string of the molecule is Cc1ccc2oc(N3CCN(c4cc(C)c(OC[C@@H]5CO[C@@](Cn6cncn6)(c6ccc(Cl)cc6Cl)O5)c(C)c4)CC3)nc2c1. The normalized spacial score (nSPS) is 20.3. The molecular weight excluding hydrogens is 615 g/mol. The second kappa shape index (κ2) is 12.2. The maximum atomic E-state index is 6.61. The number of rotatable bonds is 8. The quantitative estimate of drug-likeness (QED) is 0.191. The average molecular weight is 650 g/mol. The van der Waals surface area contributed by atoms with Gasteiger partial charge in [-0.1, -0.05) is 35.3 Å². The van der Waals surface area contributed by atoms with E-state index < -0.39 is 5.79 Å². The molecule has 2 aromatic heterocycles. The van der Waals surface area contributed by atoms with E-state index in [1.54, 1.807) is 23.1 Å². The molecule has 0 radical (unpaired) electrons. The van der Waals surface area contributed by atoms with E-state index in [1.165, 1.54) is 17.6 Å². The first-order valence-electron chi connectivity index (χ1n) is 15.0. The highest BCUT2D eigenvalue weighted by Gasteiger charge is 2.45. The number of piperazine rings is 1. The van der Waals surface area contributed by atoms with Gasteiger partial charge in [-0.15, -0.1) is 0 Å². The van der Waals surface area contributed by atoms with Crippen LogP contribution in [0.4, 0.5) is 11.7 Å². The molecule has 5 aromatic rings. The zero-order valence-corrected chi connectivity index (χ0v) is 26.9. The van der Waals surface area contributed by atoms with Crippen molar-refractivity contribution in [1.29, 1.82) is 0 Å². The van der Waals surface area contributed by atoms with Crippen molar-refractivity contribution in [2.75, 3.05) is 49.2 Å². The maximum Gasteiger partial charge on any atom is 0.298 e. The summed E-state index contributed by atoms with van der Waals surface area (Å²) in [5.41, 5.74) is 6.88. The number of fused-ring (bicyclic) bond motifs is 1. The van der Waals surface area contributed by atoms with Crippen molar-refractivity contribution < 1.29 is 18.6 Å². The number of hydrogen-bond acceptors (Lipinski definition) is 9. The fourth-order valence-electron chi connectivity index (χ4n) is 6.11. The summed E-state index contributed by atoms with van der Waals surface area (Å²) < 4.78 is 26.9. The molecule has 0 bridgehead atoms. The van der Waals surface area contributed by atoms with E-state index in [-0.39, 0.29) is 12.6 Å². The van der Waals surface area contributed by atoms with Gasteiger partial charge in [-0.25, -0.2) is 9.67 Å². The van der Waals surface area contributed by atoms with Gasteiger partial charge < -0.3 is 28.4 Å². The number of halogens is 2. The van der Waals surface area contributed by atoms with Crippen molar-refractivity contribution in [2.24, 2.45) is 0 Å². The summed E-state index contributed by atoms with van der Waals surface area (Å²) in [6, 6.07) is 16.4. The standard InChI is InChI=1S/C33H34Cl2N6O4/c1-21-4-7-30-29(12-21)38-32(44-30)40-10-8-39(9-11-40)25-13-22(2)31(23(3)14-25)42-16-26-17-43-33(45-26,18-41-20-36-19-37-41)27-6-5-24(34)15-28(27)35/h4-7,12-15,19-20,26H,8-11,16-18H2,1-3H3/t26-,33-/m1/s1. The lowest BCUT2D eigenvalue weighted by Gasteiger charge is -2.35. The molecule has 7 rings (SSSR count). The highest BCUT2D eigenvalue weighted by Crippen LogP contribution is 2.41. The lowest BCUT2D eigenvalue weighted by Crippen LogP contribution is -2.46. The number of hydrogen-bond donors (Lipinski definition) is 0. The van der Waals surface area contributed by atoms with Crippen LogP contribution >= 0.6 is 23.2 Å². The molecule has 2 aliphatic rings. The van der Waals surface area contributed by atoms with Crippen molar-refractivity contribution >= 4 is 46.0 Å². The first-order valence-corrected chi connectivity index (χ1v) is 15.7. The van der Waals surface area contributed by atoms with Crippen LogP contribution in [0.25, 0.3) is 11.1 Å². The predicted octanol–water partition coefficient (Wildman–Crippen LogP) is 6.33.